The van der Waals surface area contributed by atoms with Gasteiger partial charge in [0.15, 0.2) is 5.82 Å². The van der Waals surface area contributed by atoms with Gasteiger partial charge < -0.3 is 4.74 Å². The molecule has 0 aliphatic rings. The molecular formula is C23H25N3O5S2. The minimum Gasteiger partial charge on any atom is -0.497 e. The first-order valence-corrected chi connectivity index (χ1v) is 12.7. The van der Waals surface area contributed by atoms with E-state index in [2.05, 4.69) is 5.10 Å². The van der Waals surface area contributed by atoms with E-state index in [4.69, 9.17) is 4.74 Å². The molecule has 0 radical (unpaired) electrons. The molecule has 2 aromatic carbocycles. The quantitative estimate of drug-likeness (QED) is 0.469. The Bertz CT molecular complexity index is 1270. The van der Waals surface area contributed by atoms with Gasteiger partial charge >= 0.3 is 0 Å². The van der Waals surface area contributed by atoms with E-state index in [1.54, 1.807) is 6.26 Å². The average Bonchev–Trinajstić information content (AvgIpc) is 3.13. The summed E-state index contributed by atoms with van der Waals surface area (Å²) >= 11 is 1.13. The van der Waals surface area contributed by atoms with Crippen molar-refractivity contribution >= 4 is 39.2 Å². The fourth-order valence-corrected chi connectivity index (χ4v) is 5.84. The van der Waals surface area contributed by atoms with Crippen molar-refractivity contribution in [3.05, 3.63) is 59.7 Å². The second-order valence-electron chi connectivity index (χ2n) is 7.36. The number of aromatic nitrogens is 2. The number of imide groups is 1. The molecule has 1 aromatic heterocycles. The SMILES string of the molecule is COc1ccc(S(=O)(=O)c2c(SC)nn(Cc3ccc(C)cc3)c2N(C(C)=O)C(C)=O)cc1. The van der Waals surface area contributed by atoms with Crippen molar-refractivity contribution in [1.29, 1.82) is 0 Å². The Hall–Kier alpha value is -3.11. The minimum atomic E-state index is -4.13. The van der Waals surface area contributed by atoms with Crippen LogP contribution in [0.3, 0.4) is 0 Å². The zero-order chi connectivity index (χ0) is 24.3. The summed E-state index contributed by atoms with van der Waals surface area (Å²) in [5, 5.41) is 4.68. The Morgan fingerprint density at radius 1 is 1.03 bits per heavy atom. The van der Waals surface area contributed by atoms with Crippen molar-refractivity contribution in [2.24, 2.45) is 0 Å². The van der Waals surface area contributed by atoms with Crippen LogP contribution in [0.2, 0.25) is 0 Å². The molecule has 3 rings (SSSR count). The summed E-state index contributed by atoms with van der Waals surface area (Å²) < 4.78 is 34.0. The highest BCUT2D eigenvalue weighted by molar-refractivity contribution is 7.99. The van der Waals surface area contributed by atoms with E-state index in [0.717, 1.165) is 27.8 Å². The van der Waals surface area contributed by atoms with Gasteiger partial charge in [-0.25, -0.2) is 18.0 Å². The Balaban J connectivity index is 2.29. The van der Waals surface area contributed by atoms with Crippen molar-refractivity contribution in [2.45, 2.75) is 42.1 Å². The number of hydrogen-bond acceptors (Lipinski definition) is 7. The lowest BCUT2D eigenvalue weighted by molar-refractivity contribution is -0.124. The number of amides is 2. The van der Waals surface area contributed by atoms with Crippen molar-refractivity contribution < 1.29 is 22.7 Å². The molecule has 0 aliphatic heterocycles. The van der Waals surface area contributed by atoms with Crippen molar-refractivity contribution in [1.82, 2.24) is 9.78 Å². The number of methoxy groups -OCH3 is 1. The number of carbonyl (C=O) groups is 2. The third-order valence-corrected chi connectivity index (χ3v) is 7.59. The topological polar surface area (TPSA) is 98.6 Å². The van der Waals surface area contributed by atoms with Gasteiger partial charge in [-0.2, -0.15) is 5.10 Å². The number of rotatable bonds is 7. The number of sulfone groups is 1. The zero-order valence-corrected chi connectivity index (χ0v) is 20.7. The first kappa shape index (κ1) is 24.5. The molecular weight excluding hydrogens is 462 g/mol. The molecule has 33 heavy (non-hydrogen) atoms. The zero-order valence-electron chi connectivity index (χ0n) is 19.0. The third kappa shape index (κ3) is 4.96. The van der Waals surface area contributed by atoms with Crippen LogP contribution in [0.25, 0.3) is 0 Å². The van der Waals surface area contributed by atoms with Gasteiger partial charge in [0.2, 0.25) is 21.7 Å². The number of hydrogen-bond donors (Lipinski definition) is 0. The molecule has 0 fully saturated rings. The van der Waals surface area contributed by atoms with E-state index in [9.17, 15) is 18.0 Å². The predicted octanol–water partition coefficient (Wildman–Crippen LogP) is 3.70. The second kappa shape index (κ2) is 9.80. The first-order valence-electron chi connectivity index (χ1n) is 10.0. The molecule has 8 nitrogen and oxygen atoms in total. The van der Waals surface area contributed by atoms with Crippen molar-refractivity contribution in [2.75, 3.05) is 18.3 Å². The van der Waals surface area contributed by atoms with E-state index >= 15 is 0 Å². The number of anilines is 1. The lowest BCUT2D eigenvalue weighted by Gasteiger charge is -2.20. The molecule has 0 saturated carbocycles. The number of benzene rings is 2. The molecule has 0 spiro atoms. The highest BCUT2D eigenvalue weighted by atomic mass is 32.2. The van der Waals surface area contributed by atoms with Gasteiger partial charge in [0, 0.05) is 13.8 Å². The van der Waals surface area contributed by atoms with Crippen molar-refractivity contribution in [3.8, 4) is 5.75 Å². The first-order chi connectivity index (χ1) is 15.6. The molecule has 0 bridgehead atoms. The van der Waals surface area contributed by atoms with Gasteiger partial charge in [-0.3, -0.25) is 9.59 Å². The molecule has 1 heterocycles. The van der Waals surface area contributed by atoms with E-state index in [0.29, 0.717) is 5.75 Å². The maximum absolute atomic E-state index is 13.7. The van der Waals surface area contributed by atoms with Crippen LogP contribution in [-0.4, -0.2) is 43.4 Å². The lowest BCUT2D eigenvalue weighted by atomic mass is 10.1. The predicted molar refractivity (Wildman–Crippen MR) is 127 cm³/mol. The van der Waals surface area contributed by atoms with Crippen LogP contribution >= 0.6 is 11.8 Å². The number of ether oxygens (including phenoxy) is 1. The van der Waals surface area contributed by atoms with E-state index in [1.807, 2.05) is 31.2 Å². The van der Waals surface area contributed by atoms with Crippen LogP contribution in [0.1, 0.15) is 25.0 Å². The molecule has 0 aliphatic carbocycles. The molecule has 2 amide bonds. The Kier molecular flexibility index (Phi) is 7.28. The smallest absolute Gasteiger partial charge is 0.231 e. The third-order valence-electron chi connectivity index (χ3n) is 4.98. The molecule has 174 valence electrons. The lowest BCUT2D eigenvalue weighted by Crippen LogP contribution is -2.36. The summed E-state index contributed by atoms with van der Waals surface area (Å²) in [7, 11) is -2.65. The van der Waals surface area contributed by atoms with E-state index in [1.165, 1.54) is 49.9 Å². The molecule has 10 heteroatoms. The van der Waals surface area contributed by atoms with Crippen LogP contribution in [0.4, 0.5) is 5.82 Å². The Labute approximate surface area is 197 Å². The highest BCUT2D eigenvalue weighted by Crippen LogP contribution is 2.38. The molecule has 0 unspecified atom stereocenters. The normalized spacial score (nSPS) is 11.3. The Morgan fingerprint density at radius 2 is 1.61 bits per heavy atom. The van der Waals surface area contributed by atoms with Gasteiger partial charge in [-0.1, -0.05) is 29.8 Å². The van der Waals surface area contributed by atoms with Crippen LogP contribution in [-0.2, 0) is 26.0 Å². The van der Waals surface area contributed by atoms with Crippen LogP contribution in [0, 0.1) is 6.92 Å². The van der Waals surface area contributed by atoms with Gasteiger partial charge in [0.1, 0.15) is 15.7 Å². The van der Waals surface area contributed by atoms with Gasteiger partial charge in [-0.05, 0) is 43.0 Å². The van der Waals surface area contributed by atoms with E-state index in [-0.39, 0.29) is 27.2 Å². The standard InChI is InChI=1S/C23H25N3O5S2/c1-15-6-8-18(9-7-15)14-25-23(26(16(2)27)17(3)28)21(22(24-25)32-5)33(29,30)20-12-10-19(31-4)11-13-20/h6-13H,14H2,1-5H3. The van der Waals surface area contributed by atoms with Gasteiger partial charge in [-0.15, -0.1) is 11.8 Å². The maximum Gasteiger partial charge on any atom is 0.231 e. The maximum atomic E-state index is 13.7. The van der Waals surface area contributed by atoms with Crippen LogP contribution in [0.15, 0.2) is 63.3 Å². The second-order valence-corrected chi connectivity index (χ2v) is 10.0. The number of carbonyl (C=O) groups excluding carboxylic acids is 2. The van der Waals surface area contributed by atoms with Crippen molar-refractivity contribution in [3.63, 3.8) is 0 Å². The summed E-state index contributed by atoms with van der Waals surface area (Å²) in [6.07, 6.45) is 1.70. The summed E-state index contributed by atoms with van der Waals surface area (Å²) in [5.41, 5.74) is 1.92. The minimum absolute atomic E-state index is 0.00166. The van der Waals surface area contributed by atoms with Gasteiger partial charge in [0.25, 0.3) is 0 Å². The number of nitrogens with zero attached hydrogens (tertiary/aromatic N) is 3. The monoisotopic (exact) mass is 487 g/mol. The Morgan fingerprint density at radius 3 is 2.09 bits per heavy atom. The summed E-state index contributed by atoms with van der Waals surface area (Å²) in [6.45, 7) is 4.57. The molecule has 0 atom stereocenters. The summed E-state index contributed by atoms with van der Waals surface area (Å²) in [5.74, 6) is -0.781. The highest BCUT2D eigenvalue weighted by Gasteiger charge is 2.36. The van der Waals surface area contributed by atoms with Gasteiger partial charge in [0.05, 0.1) is 18.6 Å². The fraction of sp³-hybridized carbons (Fsp3) is 0.261. The largest absolute Gasteiger partial charge is 0.497 e. The van der Waals surface area contributed by atoms with Crippen LogP contribution < -0.4 is 9.64 Å². The summed E-state index contributed by atoms with van der Waals surface area (Å²) in [4.78, 5) is 25.6. The van der Waals surface area contributed by atoms with E-state index < -0.39 is 21.7 Å². The number of thioether (sulfide) groups is 1. The number of aryl methyl sites for hydroxylation is 1. The average molecular weight is 488 g/mol. The molecule has 3 aromatic rings. The fourth-order valence-electron chi connectivity index (χ4n) is 3.37. The molecule has 0 saturated heterocycles. The molecule has 0 N–H and O–H groups in total. The van der Waals surface area contributed by atoms with Crippen LogP contribution in [0.5, 0.6) is 5.75 Å². The summed E-state index contributed by atoms with van der Waals surface area (Å²) in [6, 6.07) is 13.6.